The minimum atomic E-state index is 0.000509. The van der Waals surface area contributed by atoms with Crippen molar-refractivity contribution in [1.82, 2.24) is 0 Å². The molecular formula is C10H14O2. The first-order valence-electron chi connectivity index (χ1n) is 4.28. The van der Waals surface area contributed by atoms with E-state index in [1.807, 2.05) is 26.8 Å². The molecule has 0 fully saturated rings. The lowest BCUT2D eigenvalue weighted by Gasteiger charge is -2.01. The van der Waals surface area contributed by atoms with Crippen LogP contribution in [0, 0.1) is 5.92 Å². The van der Waals surface area contributed by atoms with Gasteiger partial charge in [-0.2, -0.15) is 0 Å². The summed E-state index contributed by atoms with van der Waals surface area (Å²) in [5.74, 6) is 1.61. The Kier molecular flexibility index (Phi) is 2.69. The third-order valence-electron chi connectivity index (χ3n) is 1.61. The molecule has 0 atom stereocenters. The highest BCUT2D eigenvalue weighted by molar-refractivity contribution is 6.04. The highest BCUT2D eigenvalue weighted by Gasteiger charge is 2.18. The van der Waals surface area contributed by atoms with Crippen LogP contribution in [0.2, 0.25) is 0 Å². The normalized spacial score (nSPS) is 20.2. The summed E-state index contributed by atoms with van der Waals surface area (Å²) in [6.45, 7) is 6.01. The fourth-order valence-corrected chi connectivity index (χ4v) is 1.03. The molecule has 2 nitrogen and oxygen atoms in total. The van der Waals surface area contributed by atoms with Gasteiger partial charge in [0.2, 0.25) is 5.78 Å². The van der Waals surface area contributed by atoms with Crippen LogP contribution < -0.4 is 0 Å². The number of hydrogen-bond acceptors (Lipinski definition) is 2. The molecule has 0 spiro atoms. The molecule has 0 aromatic heterocycles. The van der Waals surface area contributed by atoms with Crippen LogP contribution in [0.15, 0.2) is 23.7 Å². The van der Waals surface area contributed by atoms with Gasteiger partial charge in [-0.15, -0.1) is 0 Å². The van der Waals surface area contributed by atoms with E-state index in [-0.39, 0.29) is 5.78 Å². The predicted molar refractivity (Wildman–Crippen MR) is 47.4 cm³/mol. The Morgan fingerprint density at radius 3 is 2.67 bits per heavy atom. The van der Waals surface area contributed by atoms with Gasteiger partial charge >= 0.3 is 0 Å². The Bertz CT molecular complexity index is 247. The first-order valence-corrected chi connectivity index (χ1v) is 4.28. The van der Waals surface area contributed by atoms with Crippen LogP contribution in [-0.2, 0) is 9.53 Å². The summed E-state index contributed by atoms with van der Waals surface area (Å²) < 4.78 is 5.31. The van der Waals surface area contributed by atoms with Crippen molar-refractivity contribution in [2.45, 2.75) is 27.2 Å². The van der Waals surface area contributed by atoms with E-state index in [0.717, 1.165) is 12.2 Å². The molecule has 66 valence electrons. The van der Waals surface area contributed by atoms with Gasteiger partial charge < -0.3 is 4.74 Å². The van der Waals surface area contributed by atoms with E-state index in [0.29, 0.717) is 11.7 Å². The lowest BCUT2D eigenvalue weighted by molar-refractivity contribution is -0.112. The average molecular weight is 166 g/mol. The van der Waals surface area contributed by atoms with E-state index in [9.17, 15) is 4.79 Å². The molecule has 0 aromatic carbocycles. The number of rotatable bonds is 2. The molecule has 12 heavy (non-hydrogen) atoms. The minimum Gasteiger partial charge on any atom is -0.458 e. The summed E-state index contributed by atoms with van der Waals surface area (Å²) in [5, 5.41) is 0. The Morgan fingerprint density at radius 2 is 2.25 bits per heavy atom. The average Bonchev–Trinajstić information content (AvgIpc) is 2.31. The Morgan fingerprint density at radius 1 is 1.58 bits per heavy atom. The van der Waals surface area contributed by atoms with Crippen molar-refractivity contribution >= 4 is 5.78 Å². The Hall–Kier alpha value is -1.05. The van der Waals surface area contributed by atoms with Crippen LogP contribution in [0.1, 0.15) is 27.2 Å². The van der Waals surface area contributed by atoms with Crippen molar-refractivity contribution in [2.24, 2.45) is 5.92 Å². The number of carbonyl (C=O) groups excluding carboxylic acids is 1. The number of hydrogen-bond donors (Lipinski definition) is 0. The topological polar surface area (TPSA) is 26.3 Å². The van der Waals surface area contributed by atoms with Gasteiger partial charge in [0, 0.05) is 12.5 Å². The lowest BCUT2D eigenvalue weighted by Crippen LogP contribution is -1.95. The molecule has 1 aliphatic rings. The molecule has 0 saturated heterocycles. The van der Waals surface area contributed by atoms with Gasteiger partial charge in [-0.25, -0.2) is 0 Å². The molecule has 0 amide bonds. The predicted octanol–water partition coefficient (Wildman–Crippen LogP) is 2.42. The van der Waals surface area contributed by atoms with Gasteiger partial charge in [-0.05, 0) is 12.0 Å². The highest BCUT2D eigenvalue weighted by atomic mass is 16.5. The van der Waals surface area contributed by atoms with Gasteiger partial charge in [0.05, 0.1) is 0 Å². The van der Waals surface area contributed by atoms with Gasteiger partial charge in [0.15, 0.2) is 5.76 Å². The molecule has 0 aliphatic carbocycles. The second kappa shape index (κ2) is 3.57. The first kappa shape index (κ1) is 9.04. The van der Waals surface area contributed by atoms with Crippen LogP contribution in [-0.4, -0.2) is 5.78 Å². The first-order chi connectivity index (χ1) is 5.63. The van der Waals surface area contributed by atoms with Gasteiger partial charge in [-0.3, -0.25) is 4.79 Å². The monoisotopic (exact) mass is 166 g/mol. The molecular weight excluding hydrogens is 152 g/mol. The summed E-state index contributed by atoms with van der Waals surface area (Å²) in [6, 6.07) is 0. The number of ether oxygens (including phenoxy) is 1. The molecule has 0 saturated carbocycles. The zero-order chi connectivity index (χ0) is 9.14. The second-order valence-corrected chi connectivity index (χ2v) is 3.21. The zero-order valence-electron chi connectivity index (χ0n) is 7.76. The Balaban J connectivity index is 2.72. The van der Waals surface area contributed by atoms with E-state index in [1.54, 1.807) is 6.08 Å². The fourth-order valence-electron chi connectivity index (χ4n) is 1.03. The third-order valence-corrected chi connectivity index (χ3v) is 1.61. The molecule has 0 aromatic rings. The molecule has 2 heteroatoms. The molecule has 0 bridgehead atoms. The van der Waals surface area contributed by atoms with E-state index >= 15 is 0 Å². The fraction of sp³-hybridized carbons (Fsp3) is 0.500. The van der Waals surface area contributed by atoms with Crippen LogP contribution in [0.4, 0.5) is 0 Å². The van der Waals surface area contributed by atoms with Gasteiger partial charge in [0.25, 0.3) is 0 Å². The number of ketones is 1. The van der Waals surface area contributed by atoms with Crippen LogP contribution >= 0.6 is 0 Å². The largest absolute Gasteiger partial charge is 0.458 e. The highest BCUT2D eigenvalue weighted by Crippen LogP contribution is 2.20. The molecule has 0 radical (unpaired) electrons. The summed E-state index contributed by atoms with van der Waals surface area (Å²) in [5.41, 5.74) is 0. The van der Waals surface area contributed by atoms with Crippen LogP contribution in [0.5, 0.6) is 0 Å². The second-order valence-electron chi connectivity index (χ2n) is 3.21. The minimum absolute atomic E-state index is 0.000509. The van der Waals surface area contributed by atoms with Crippen LogP contribution in [0.25, 0.3) is 0 Å². The summed E-state index contributed by atoms with van der Waals surface area (Å²) in [6.07, 6.45) is 4.19. The van der Waals surface area contributed by atoms with Crippen LogP contribution in [0.3, 0.4) is 0 Å². The molecule has 1 heterocycles. The standard InChI is InChI=1S/C10H14O2/c1-4-8-6-9(11)10(12-8)5-7(2)3/h5-7H,4H2,1-3H3/b10-5+. The third kappa shape index (κ3) is 1.97. The van der Waals surface area contributed by atoms with E-state index in [2.05, 4.69) is 0 Å². The van der Waals surface area contributed by atoms with Gasteiger partial charge in [-0.1, -0.05) is 20.8 Å². The lowest BCUT2D eigenvalue weighted by atomic mass is 10.2. The quantitative estimate of drug-likeness (QED) is 0.589. The van der Waals surface area contributed by atoms with E-state index in [4.69, 9.17) is 4.74 Å². The van der Waals surface area contributed by atoms with Crippen molar-refractivity contribution in [3.63, 3.8) is 0 Å². The molecule has 1 rings (SSSR count). The SMILES string of the molecule is CCC1=CC(=O)/C(=C\C(C)C)O1. The van der Waals surface area contributed by atoms with Crippen molar-refractivity contribution in [1.29, 1.82) is 0 Å². The number of carbonyl (C=O) groups is 1. The maximum atomic E-state index is 11.2. The van der Waals surface area contributed by atoms with Crippen molar-refractivity contribution in [2.75, 3.05) is 0 Å². The van der Waals surface area contributed by atoms with Crippen molar-refractivity contribution in [3.05, 3.63) is 23.7 Å². The number of allylic oxidation sites excluding steroid dienone is 3. The summed E-state index contributed by atoms with van der Waals surface area (Å²) in [7, 11) is 0. The van der Waals surface area contributed by atoms with Crippen molar-refractivity contribution in [3.8, 4) is 0 Å². The summed E-state index contributed by atoms with van der Waals surface area (Å²) >= 11 is 0. The van der Waals surface area contributed by atoms with Gasteiger partial charge in [0.1, 0.15) is 5.76 Å². The van der Waals surface area contributed by atoms with E-state index < -0.39 is 0 Å². The Labute approximate surface area is 72.9 Å². The smallest absolute Gasteiger partial charge is 0.224 e. The van der Waals surface area contributed by atoms with E-state index in [1.165, 1.54) is 0 Å². The van der Waals surface area contributed by atoms with Crippen molar-refractivity contribution < 1.29 is 9.53 Å². The molecule has 1 aliphatic heterocycles. The molecule has 0 unspecified atom stereocenters. The zero-order valence-corrected chi connectivity index (χ0v) is 7.76. The molecule has 0 N–H and O–H groups in total. The maximum absolute atomic E-state index is 11.2. The summed E-state index contributed by atoms with van der Waals surface area (Å²) in [4.78, 5) is 11.2. The maximum Gasteiger partial charge on any atom is 0.224 e.